The lowest BCUT2D eigenvalue weighted by atomic mass is 10.2. The van der Waals surface area contributed by atoms with Gasteiger partial charge >= 0.3 is 0 Å². The van der Waals surface area contributed by atoms with Gasteiger partial charge in [0.05, 0.1) is 13.2 Å². The molecule has 14 heavy (non-hydrogen) atoms. The average Bonchev–Trinajstić information content (AvgIpc) is 2.17. The Hall–Kier alpha value is -1.22. The van der Waals surface area contributed by atoms with Crippen LogP contribution in [0.15, 0.2) is 18.2 Å². The number of ether oxygens (including phenoxy) is 2. The van der Waals surface area contributed by atoms with Crippen LogP contribution in [0.4, 0.5) is 0 Å². The van der Waals surface area contributed by atoms with E-state index in [1.165, 1.54) is 0 Å². The zero-order chi connectivity index (χ0) is 10.4. The van der Waals surface area contributed by atoms with Gasteiger partial charge < -0.3 is 14.6 Å². The lowest BCUT2D eigenvalue weighted by Crippen LogP contribution is -1.96. The Balaban J connectivity index is 2.68. The normalized spacial score (nSPS) is 10.1. The highest BCUT2D eigenvalue weighted by Crippen LogP contribution is 2.27. The van der Waals surface area contributed by atoms with Crippen LogP contribution >= 0.6 is 0 Å². The second kappa shape index (κ2) is 5.50. The van der Waals surface area contributed by atoms with Crippen molar-refractivity contribution in [2.24, 2.45) is 0 Å². The van der Waals surface area contributed by atoms with E-state index in [1.807, 2.05) is 13.0 Å². The van der Waals surface area contributed by atoms with Crippen LogP contribution in [0.1, 0.15) is 18.9 Å². The van der Waals surface area contributed by atoms with Gasteiger partial charge in [0.15, 0.2) is 11.5 Å². The first-order valence-corrected chi connectivity index (χ1v) is 4.71. The van der Waals surface area contributed by atoms with Crippen LogP contribution in [-0.4, -0.2) is 18.8 Å². The van der Waals surface area contributed by atoms with E-state index in [1.54, 1.807) is 19.2 Å². The molecule has 0 heterocycles. The van der Waals surface area contributed by atoms with E-state index >= 15 is 0 Å². The maximum atomic E-state index is 9.56. The van der Waals surface area contributed by atoms with Gasteiger partial charge in [0.25, 0.3) is 0 Å². The molecule has 0 radical (unpaired) electrons. The molecule has 3 heteroatoms. The molecule has 3 nitrogen and oxygen atoms in total. The van der Waals surface area contributed by atoms with E-state index in [4.69, 9.17) is 9.47 Å². The van der Waals surface area contributed by atoms with Gasteiger partial charge in [0.2, 0.25) is 0 Å². The summed E-state index contributed by atoms with van der Waals surface area (Å²) in [5.41, 5.74) is 0.939. The van der Waals surface area contributed by atoms with Gasteiger partial charge in [-0.2, -0.15) is 0 Å². The zero-order valence-corrected chi connectivity index (χ0v) is 8.62. The summed E-state index contributed by atoms with van der Waals surface area (Å²) < 4.78 is 10.3. The fourth-order valence-electron chi connectivity index (χ4n) is 1.15. The number of methoxy groups -OCH3 is 1. The van der Waals surface area contributed by atoms with Crippen molar-refractivity contribution in [3.05, 3.63) is 23.8 Å². The van der Waals surface area contributed by atoms with Crippen molar-refractivity contribution < 1.29 is 14.6 Å². The first kappa shape index (κ1) is 10.9. The third-order valence-electron chi connectivity index (χ3n) is 1.80. The van der Waals surface area contributed by atoms with Gasteiger partial charge in [-0.3, -0.25) is 0 Å². The van der Waals surface area contributed by atoms with Gasteiger partial charge in [-0.05, 0) is 24.1 Å². The van der Waals surface area contributed by atoms with Gasteiger partial charge in [0.1, 0.15) is 0 Å². The number of phenols is 1. The quantitative estimate of drug-likeness (QED) is 0.785. The first-order chi connectivity index (χ1) is 6.77. The summed E-state index contributed by atoms with van der Waals surface area (Å²) in [5, 5.41) is 9.56. The summed E-state index contributed by atoms with van der Waals surface area (Å²) >= 11 is 0. The summed E-state index contributed by atoms with van der Waals surface area (Å²) in [6.45, 7) is 3.15. The Bertz CT molecular complexity index is 284. The average molecular weight is 196 g/mol. The molecule has 0 aliphatic rings. The van der Waals surface area contributed by atoms with E-state index in [0.29, 0.717) is 19.0 Å². The van der Waals surface area contributed by atoms with E-state index in [2.05, 4.69) is 0 Å². The highest BCUT2D eigenvalue weighted by Gasteiger charge is 2.02. The minimum Gasteiger partial charge on any atom is -0.504 e. The Kier molecular flexibility index (Phi) is 4.26. The SMILES string of the molecule is CCCOc1ccc(COC)cc1O. The standard InChI is InChI=1S/C11H16O3/c1-3-6-14-11-5-4-9(8-13-2)7-10(11)12/h4-5,7,12H,3,6,8H2,1-2H3. The molecule has 0 unspecified atom stereocenters. The highest BCUT2D eigenvalue weighted by molar-refractivity contribution is 5.41. The second-order valence-electron chi connectivity index (χ2n) is 3.08. The highest BCUT2D eigenvalue weighted by atomic mass is 16.5. The van der Waals surface area contributed by atoms with E-state index in [9.17, 15) is 5.11 Å². The smallest absolute Gasteiger partial charge is 0.160 e. The maximum Gasteiger partial charge on any atom is 0.160 e. The molecule has 0 fully saturated rings. The van der Waals surface area contributed by atoms with Crippen molar-refractivity contribution in [2.75, 3.05) is 13.7 Å². The minimum atomic E-state index is 0.174. The largest absolute Gasteiger partial charge is 0.504 e. The predicted molar refractivity (Wildman–Crippen MR) is 54.6 cm³/mol. The number of hydrogen-bond acceptors (Lipinski definition) is 3. The summed E-state index contributed by atoms with van der Waals surface area (Å²) in [6, 6.07) is 5.31. The molecule has 0 saturated heterocycles. The van der Waals surface area contributed by atoms with Crippen LogP contribution in [0.2, 0.25) is 0 Å². The monoisotopic (exact) mass is 196 g/mol. The summed E-state index contributed by atoms with van der Waals surface area (Å²) in [5.74, 6) is 0.708. The number of rotatable bonds is 5. The van der Waals surface area contributed by atoms with Gasteiger partial charge in [-0.1, -0.05) is 13.0 Å². The van der Waals surface area contributed by atoms with Crippen LogP contribution in [0.3, 0.4) is 0 Å². The Morgan fingerprint density at radius 1 is 1.36 bits per heavy atom. The molecule has 1 aromatic carbocycles. The van der Waals surface area contributed by atoms with Gasteiger partial charge in [-0.25, -0.2) is 0 Å². The Morgan fingerprint density at radius 2 is 2.14 bits per heavy atom. The van der Waals surface area contributed by atoms with Crippen molar-refractivity contribution in [1.29, 1.82) is 0 Å². The molecule has 0 aromatic heterocycles. The number of phenolic OH excluding ortho intramolecular Hbond substituents is 1. The molecular formula is C11H16O3. The van der Waals surface area contributed by atoms with E-state index in [-0.39, 0.29) is 5.75 Å². The molecule has 1 N–H and O–H groups in total. The fourth-order valence-corrected chi connectivity index (χ4v) is 1.15. The maximum absolute atomic E-state index is 9.56. The Labute approximate surface area is 84.3 Å². The molecule has 0 aliphatic heterocycles. The molecule has 0 saturated carbocycles. The van der Waals surface area contributed by atoms with Crippen LogP contribution in [-0.2, 0) is 11.3 Å². The Morgan fingerprint density at radius 3 is 2.71 bits per heavy atom. The third-order valence-corrected chi connectivity index (χ3v) is 1.80. The minimum absolute atomic E-state index is 0.174. The molecule has 1 aromatic rings. The molecule has 78 valence electrons. The number of aromatic hydroxyl groups is 1. The van der Waals surface area contributed by atoms with E-state index < -0.39 is 0 Å². The van der Waals surface area contributed by atoms with Crippen molar-refractivity contribution in [3.63, 3.8) is 0 Å². The second-order valence-corrected chi connectivity index (χ2v) is 3.08. The fraction of sp³-hybridized carbons (Fsp3) is 0.455. The topological polar surface area (TPSA) is 38.7 Å². The molecule has 0 spiro atoms. The summed E-state index contributed by atoms with van der Waals surface area (Å²) in [6.07, 6.45) is 0.930. The van der Waals surface area contributed by atoms with Crippen molar-refractivity contribution in [1.82, 2.24) is 0 Å². The van der Waals surface area contributed by atoms with Crippen molar-refractivity contribution in [2.45, 2.75) is 20.0 Å². The van der Waals surface area contributed by atoms with Crippen LogP contribution < -0.4 is 4.74 Å². The lowest BCUT2D eigenvalue weighted by molar-refractivity contribution is 0.184. The molecule has 1 rings (SSSR count). The number of benzene rings is 1. The lowest BCUT2D eigenvalue weighted by Gasteiger charge is -2.08. The van der Waals surface area contributed by atoms with E-state index in [0.717, 1.165) is 12.0 Å². The molecule has 0 aliphatic carbocycles. The van der Waals surface area contributed by atoms with Crippen LogP contribution in [0.5, 0.6) is 11.5 Å². The van der Waals surface area contributed by atoms with Crippen LogP contribution in [0, 0.1) is 0 Å². The van der Waals surface area contributed by atoms with Crippen molar-refractivity contribution in [3.8, 4) is 11.5 Å². The van der Waals surface area contributed by atoms with Gasteiger partial charge in [0, 0.05) is 7.11 Å². The molecular weight excluding hydrogens is 180 g/mol. The third kappa shape index (κ3) is 2.92. The first-order valence-electron chi connectivity index (χ1n) is 4.71. The molecule has 0 amide bonds. The van der Waals surface area contributed by atoms with Crippen LogP contribution in [0.25, 0.3) is 0 Å². The molecule has 0 atom stereocenters. The summed E-state index contributed by atoms with van der Waals surface area (Å²) in [4.78, 5) is 0. The van der Waals surface area contributed by atoms with Crippen molar-refractivity contribution >= 4 is 0 Å². The number of hydrogen-bond donors (Lipinski definition) is 1. The molecule has 0 bridgehead atoms. The predicted octanol–water partition coefficient (Wildman–Crippen LogP) is 2.33. The zero-order valence-electron chi connectivity index (χ0n) is 8.62. The van der Waals surface area contributed by atoms with Gasteiger partial charge in [-0.15, -0.1) is 0 Å². The summed E-state index contributed by atoms with van der Waals surface area (Å²) in [7, 11) is 1.62.